The Balaban J connectivity index is 2.97. The number of anilines is 1. The predicted molar refractivity (Wildman–Crippen MR) is 47.3 cm³/mol. The van der Waals surface area contributed by atoms with E-state index in [2.05, 4.69) is 4.18 Å². The van der Waals surface area contributed by atoms with Crippen molar-refractivity contribution in [3.8, 4) is 5.75 Å². The smallest absolute Gasteiger partial charge is 0.357 e. The molecule has 1 atom stereocenters. The van der Waals surface area contributed by atoms with E-state index in [1.54, 1.807) is 6.07 Å². The molecular weight excluding hydrogens is 202 g/mol. The summed E-state index contributed by atoms with van der Waals surface area (Å²) in [6.45, 7) is 0. The first kappa shape index (κ1) is 9.31. The van der Waals surface area contributed by atoms with E-state index in [-0.39, 0.29) is 11.4 Å². The minimum Gasteiger partial charge on any atom is -0.396 e. The van der Waals surface area contributed by atoms with E-state index in [4.69, 9.17) is 21.9 Å². The largest absolute Gasteiger partial charge is 0.396 e. The molecule has 0 aliphatic rings. The monoisotopic (exact) mass is 207 g/mol. The van der Waals surface area contributed by atoms with E-state index in [0.717, 1.165) is 0 Å². The summed E-state index contributed by atoms with van der Waals surface area (Å²) in [5, 5.41) is 0.393. The molecule has 1 aromatic rings. The number of hydrogen-bond acceptors (Lipinski definition) is 3. The molecule has 0 bridgehead atoms. The minimum absolute atomic E-state index is 0.100. The van der Waals surface area contributed by atoms with E-state index < -0.39 is 11.4 Å². The second kappa shape index (κ2) is 3.75. The highest BCUT2D eigenvalue weighted by Crippen LogP contribution is 2.25. The molecule has 6 heteroatoms. The first-order valence-electron chi connectivity index (χ1n) is 2.94. The maximum atomic E-state index is 10.2. The van der Waals surface area contributed by atoms with Crippen LogP contribution in [0.3, 0.4) is 0 Å². The van der Waals surface area contributed by atoms with Gasteiger partial charge in [0.2, 0.25) is 0 Å². The third kappa shape index (κ3) is 2.37. The van der Waals surface area contributed by atoms with Crippen molar-refractivity contribution in [1.29, 1.82) is 0 Å². The topological polar surface area (TPSA) is 72.5 Å². The zero-order valence-corrected chi connectivity index (χ0v) is 7.43. The number of halogens is 1. The molecule has 0 spiro atoms. The fraction of sp³-hybridized carbons (Fsp3) is 0. The highest BCUT2D eigenvalue weighted by atomic mass is 35.5. The number of nitrogens with two attached hydrogens (primary N) is 1. The Morgan fingerprint density at radius 2 is 2.25 bits per heavy atom. The molecule has 0 saturated carbocycles. The third-order valence-electron chi connectivity index (χ3n) is 1.14. The van der Waals surface area contributed by atoms with E-state index in [9.17, 15) is 4.21 Å². The van der Waals surface area contributed by atoms with Gasteiger partial charge in [0.15, 0.2) is 5.75 Å². The van der Waals surface area contributed by atoms with Crippen LogP contribution in [0.4, 0.5) is 5.69 Å². The van der Waals surface area contributed by atoms with Gasteiger partial charge in [-0.15, -0.1) is 0 Å². The van der Waals surface area contributed by atoms with E-state index in [1.165, 1.54) is 12.1 Å². The van der Waals surface area contributed by atoms with Gasteiger partial charge in [-0.3, -0.25) is 4.55 Å². The summed E-state index contributed by atoms with van der Waals surface area (Å²) in [7, 11) is 0. The van der Waals surface area contributed by atoms with Gasteiger partial charge in [-0.1, -0.05) is 11.6 Å². The van der Waals surface area contributed by atoms with Crippen LogP contribution in [-0.4, -0.2) is 8.76 Å². The lowest BCUT2D eigenvalue weighted by Crippen LogP contribution is -2.00. The van der Waals surface area contributed by atoms with Crippen LogP contribution in [0.25, 0.3) is 0 Å². The summed E-state index contributed by atoms with van der Waals surface area (Å²) in [5.74, 6) is 0.100. The Hall–Kier alpha value is -0.780. The molecule has 66 valence electrons. The Kier molecular flexibility index (Phi) is 2.91. The second-order valence-electron chi connectivity index (χ2n) is 1.98. The highest BCUT2D eigenvalue weighted by Gasteiger charge is 2.03. The first-order valence-corrected chi connectivity index (χ1v) is 4.35. The molecule has 0 saturated heterocycles. The van der Waals surface area contributed by atoms with Crippen LogP contribution < -0.4 is 9.92 Å². The van der Waals surface area contributed by atoms with Crippen molar-refractivity contribution < 1.29 is 12.9 Å². The quantitative estimate of drug-likeness (QED) is 0.569. The number of nitrogen functional groups attached to an aromatic ring is 1. The SMILES string of the molecule is Nc1ccc(Cl)cc1OS(=O)O. The molecule has 0 fully saturated rings. The van der Waals surface area contributed by atoms with Gasteiger partial charge in [0.1, 0.15) is 0 Å². The predicted octanol–water partition coefficient (Wildman–Crippen LogP) is 1.44. The van der Waals surface area contributed by atoms with Crippen LogP contribution in [0, 0.1) is 0 Å². The Bertz CT molecular complexity index is 318. The average molecular weight is 208 g/mol. The van der Waals surface area contributed by atoms with Crippen LogP contribution in [0.2, 0.25) is 5.02 Å². The van der Waals surface area contributed by atoms with Gasteiger partial charge in [0.05, 0.1) is 5.69 Å². The van der Waals surface area contributed by atoms with Crippen molar-refractivity contribution >= 4 is 28.6 Å². The van der Waals surface area contributed by atoms with Gasteiger partial charge in [-0.2, -0.15) is 4.21 Å². The summed E-state index contributed by atoms with van der Waals surface area (Å²) < 4.78 is 23.0. The molecule has 0 radical (unpaired) electrons. The fourth-order valence-corrected chi connectivity index (χ4v) is 1.12. The summed E-state index contributed by atoms with van der Waals surface area (Å²) in [6.07, 6.45) is 0. The maximum Gasteiger partial charge on any atom is 0.357 e. The molecule has 0 aromatic heterocycles. The molecule has 0 heterocycles. The van der Waals surface area contributed by atoms with Gasteiger partial charge in [0, 0.05) is 11.1 Å². The summed E-state index contributed by atoms with van der Waals surface area (Å²) >= 11 is 3.21. The molecule has 1 unspecified atom stereocenters. The third-order valence-corrected chi connectivity index (χ3v) is 1.69. The summed E-state index contributed by atoms with van der Waals surface area (Å²) in [6, 6.07) is 4.42. The fourth-order valence-electron chi connectivity index (χ4n) is 0.657. The average Bonchev–Trinajstić information content (AvgIpc) is 1.96. The summed E-state index contributed by atoms with van der Waals surface area (Å²) in [4.78, 5) is 0. The molecule has 1 rings (SSSR count). The van der Waals surface area contributed by atoms with E-state index >= 15 is 0 Å². The van der Waals surface area contributed by atoms with Crippen LogP contribution in [0.1, 0.15) is 0 Å². The van der Waals surface area contributed by atoms with Crippen LogP contribution in [0.5, 0.6) is 5.75 Å². The standard InChI is InChI=1S/C6H6ClNO3S/c7-4-1-2-5(8)6(3-4)11-12(9)10/h1-3H,8H2,(H,9,10). The second-order valence-corrected chi connectivity index (χ2v) is 3.02. The lowest BCUT2D eigenvalue weighted by atomic mass is 10.3. The Labute approximate surface area is 76.8 Å². The normalized spacial score (nSPS) is 12.5. The van der Waals surface area contributed by atoms with Crippen LogP contribution >= 0.6 is 11.6 Å². The molecule has 3 N–H and O–H groups in total. The minimum atomic E-state index is -2.37. The number of rotatable bonds is 2. The van der Waals surface area contributed by atoms with Crippen molar-refractivity contribution in [3.63, 3.8) is 0 Å². The van der Waals surface area contributed by atoms with Gasteiger partial charge < -0.3 is 9.92 Å². The Morgan fingerprint density at radius 3 is 2.83 bits per heavy atom. The number of benzene rings is 1. The van der Waals surface area contributed by atoms with Crippen molar-refractivity contribution in [2.75, 3.05) is 5.73 Å². The van der Waals surface area contributed by atoms with Crippen molar-refractivity contribution in [3.05, 3.63) is 23.2 Å². The van der Waals surface area contributed by atoms with Gasteiger partial charge in [-0.05, 0) is 12.1 Å². The molecule has 1 aromatic carbocycles. The van der Waals surface area contributed by atoms with Gasteiger partial charge in [0.25, 0.3) is 0 Å². The molecular formula is C6H6ClNO3S. The molecule has 12 heavy (non-hydrogen) atoms. The maximum absolute atomic E-state index is 10.2. The molecule has 4 nitrogen and oxygen atoms in total. The zero-order chi connectivity index (χ0) is 9.14. The van der Waals surface area contributed by atoms with Gasteiger partial charge >= 0.3 is 11.4 Å². The van der Waals surface area contributed by atoms with E-state index in [1.807, 2.05) is 0 Å². The Morgan fingerprint density at radius 1 is 1.58 bits per heavy atom. The van der Waals surface area contributed by atoms with E-state index in [0.29, 0.717) is 5.02 Å². The summed E-state index contributed by atoms with van der Waals surface area (Å²) in [5.41, 5.74) is 5.67. The highest BCUT2D eigenvalue weighted by molar-refractivity contribution is 7.74. The lowest BCUT2D eigenvalue weighted by Gasteiger charge is -2.03. The number of hydrogen-bond donors (Lipinski definition) is 2. The lowest BCUT2D eigenvalue weighted by molar-refractivity contribution is 0.459. The molecule has 0 aliphatic carbocycles. The van der Waals surface area contributed by atoms with Crippen molar-refractivity contribution in [2.45, 2.75) is 0 Å². The van der Waals surface area contributed by atoms with Gasteiger partial charge in [-0.25, -0.2) is 0 Å². The molecule has 0 amide bonds. The van der Waals surface area contributed by atoms with Crippen LogP contribution in [0.15, 0.2) is 18.2 Å². The molecule has 0 aliphatic heterocycles. The zero-order valence-electron chi connectivity index (χ0n) is 5.86. The first-order chi connectivity index (χ1) is 5.59. The van der Waals surface area contributed by atoms with Crippen LogP contribution in [-0.2, 0) is 11.4 Å². The van der Waals surface area contributed by atoms with Crippen molar-refractivity contribution in [2.24, 2.45) is 0 Å². The van der Waals surface area contributed by atoms with Crippen molar-refractivity contribution in [1.82, 2.24) is 0 Å².